The first kappa shape index (κ1) is 22.3. The molecule has 7 nitrogen and oxygen atoms in total. The highest BCUT2D eigenvalue weighted by Gasteiger charge is 2.25. The minimum Gasteiger partial charge on any atom is -0.367 e. The number of nitrogens with zero attached hydrogens (tertiary/aromatic N) is 3. The summed E-state index contributed by atoms with van der Waals surface area (Å²) in [5, 5.41) is 3.31. The van der Waals surface area contributed by atoms with E-state index in [-0.39, 0.29) is 10.8 Å². The topological polar surface area (TPSA) is 73.0 Å². The number of carbonyl (C=O) groups is 1. The second-order valence-electron chi connectivity index (χ2n) is 6.82. The highest BCUT2D eigenvalue weighted by Crippen LogP contribution is 2.31. The van der Waals surface area contributed by atoms with Gasteiger partial charge in [-0.15, -0.1) is 11.3 Å². The van der Waals surface area contributed by atoms with Gasteiger partial charge in [0.1, 0.15) is 4.21 Å². The van der Waals surface area contributed by atoms with Gasteiger partial charge >= 0.3 is 0 Å². The monoisotopic (exact) mass is 476 g/mol. The Morgan fingerprint density at radius 1 is 1.17 bits per heavy atom. The normalized spacial score (nSPS) is 15.7. The smallest absolute Gasteiger partial charge is 0.252 e. The fourth-order valence-electron chi connectivity index (χ4n) is 3.00. The number of piperazine rings is 1. The van der Waals surface area contributed by atoms with Crippen molar-refractivity contribution in [3.8, 4) is 0 Å². The molecule has 3 rings (SSSR count). The number of nitrogens with one attached hydrogen (secondary N) is 1. The maximum Gasteiger partial charge on any atom is 0.252 e. The number of likely N-dealkylation sites (N-methyl/N-ethyl adjacent to an activating group) is 2. The Kier molecular flexibility index (Phi) is 7.08. The van der Waals surface area contributed by atoms with Gasteiger partial charge in [-0.3, -0.25) is 4.79 Å². The fraction of sp³-hybridized carbons (Fsp3) is 0.389. The van der Waals surface area contributed by atoms with Gasteiger partial charge in [-0.05, 0) is 37.4 Å². The molecule has 0 atom stereocenters. The van der Waals surface area contributed by atoms with Gasteiger partial charge in [0, 0.05) is 38.2 Å². The van der Waals surface area contributed by atoms with E-state index < -0.39 is 15.9 Å². The zero-order chi connectivity index (χ0) is 21.2. The lowest BCUT2D eigenvalue weighted by Crippen LogP contribution is -2.44. The molecule has 0 aliphatic carbocycles. The van der Waals surface area contributed by atoms with Crippen LogP contribution in [-0.4, -0.2) is 70.3 Å². The summed E-state index contributed by atoms with van der Waals surface area (Å²) in [6.07, 6.45) is 0. The SMILES string of the molecule is CN1CCN(c2ccc(Cl)cc2NC(=O)CN(C)S(=O)(=O)c2ccc(Cl)s2)CC1. The van der Waals surface area contributed by atoms with Crippen LogP contribution in [0.25, 0.3) is 0 Å². The number of rotatable bonds is 6. The molecule has 1 amide bonds. The van der Waals surface area contributed by atoms with Crippen LogP contribution in [0.1, 0.15) is 0 Å². The molecule has 1 saturated heterocycles. The number of anilines is 2. The third-order valence-corrected chi connectivity index (χ3v) is 8.39. The van der Waals surface area contributed by atoms with Crippen molar-refractivity contribution in [2.45, 2.75) is 4.21 Å². The lowest BCUT2D eigenvalue weighted by atomic mass is 10.2. The van der Waals surface area contributed by atoms with Crippen LogP contribution >= 0.6 is 34.5 Å². The van der Waals surface area contributed by atoms with Gasteiger partial charge in [-0.1, -0.05) is 23.2 Å². The highest BCUT2D eigenvalue weighted by atomic mass is 35.5. The molecule has 0 bridgehead atoms. The number of sulfonamides is 1. The Morgan fingerprint density at radius 2 is 1.86 bits per heavy atom. The fourth-order valence-corrected chi connectivity index (χ4v) is 5.99. The van der Waals surface area contributed by atoms with Gasteiger partial charge in [-0.25, -0.2) is 8.42 Å². The molecule has 0 radical (unpaired) electrons. The molecule has 1 aliphatic rings. The van der Waals surface area contributed by atoms with Crippen LogP contribution in [0.4, 0.5) is 11.4 Å². The van der Waals surface area contributed by atoms with E-state index in [0.29, 0.717) is 15.0 Å². The number of halogens is 2. The minimum absolute atomic E-state index is 0.0960. The van der Waals surface area contributed by atoms with Crippen LogP contribution in [0, 0.1) is 0 Å². The Morgan fingerprint density at radius 3 is 2.48 bits per heavy atom. The van der Waals surface area contributed by atoms with E-state index in [1.165, 1.54) is 19.2 Å². The van der Waals surface area contributed by atoms with E-state index >= 15 is 0 Å². The second kappa shape index (κ2) is 9.20. The van der Waals surface area contributed by atoms with E-state index in [4.69, 9.17) is 23.2 Å². The summed E-state index contributed by atoms with van der Waals surface area (Å²) in [6.45, 7) is 3.16. The number of benzene rings is 1. The summed E-state index contributed by atoms with van der Waals surface area (Å²) in [6, 6.07) is 8.28. The first-order chi connectivity index (χ1) is 13.7. The molecule has 0 unspecified atom stereocenters. The third-order valence-electron chi connectivity index (χ3n) is 4.66. The predicted octanol–water partition coefficient (Wildman–Crippen LogP) is 3.07. The third kappa shape index (κ3) is 5.42. The summed E-state index contributed by atoms with van der Waals surface area (Å²) >= 11 is 12.9. The number of hydrogen-bond acceptors (Lipinski definition) is 6. The minimum atomic E-state index is -3.79. The molecule has 29 heavy (non-hydrogen) atoms. The lowest BCUT2D eigenvalue weighted by molar-refractivity contribution is -0.116. The van der Waals surface area contributed by atoms with Gasteiger partial charge in [0.25, 0.3) is 10.0 Å². The lowest BCUT2D eigenvalue weighted by Gasteiger charge is -2.35. The van der Waals surface area contributed by atoms with Gasteiger partial charge in [0.05, 0.1) is 22.3 Å². The molecule has 158 valence electrons. The number of hydrogen-bond donors (Lipinski definition) is 1. The molecule has 1 aromatic carbocycles. The molecule has 1 N–H and O–H groups in total. The van der Waals surface area contributed by atoms with Crippen LogP contribution < -0.4 is 10.2 Å². The van der Waals surface area contributed by atoms with Crippen molar-refractivity contribution >= 4 is 61.8 Å². The average molecular weight is 477 g/mol. The molecule has 0 saturated carbocycles. The van der Waals surface area contributed by atoms with Crippen LogP contribution in [0.15, 0.2) is 34.5 Å². The van der Waals surface area contributed by atoms with Gasteiger partial charge in [0.15, 0.2) is 0 Å². The van der Waals surface area contributed by atoms with E-state index in [0.717, 1.165) is 47.5 Å². The zero-order valence-corrected chi connectivity index (χ0v) is 19.2. The Labute approximate surface area is 184 Å². The van der Waals surface area contributed by atoms with Crippen molar-refractivity contribution < 1.29 is 13.2 Å². The first-order valence-electron chi connectivity index (χ1n) is 8.91. The molecule has 2 aromatic rings. The van der Waals surface area contributed by atoms with Crippen molar-refractivity contribution in [3.63, 3.8) is 0 Å². The molecule has 1 fully saturated rings. The molecule has 1 aromatic heterocycles. The van der Waals surface area contributed by atoms with E-state index in [1.54, 1.807) is 12.1 Å². The number of thiophene rings is 1. The van der Waals surface area contributed by atoms with Crippen molar-refractivity contribution in [1.82, 2.24) is 9.21 Å². The predicted molar refractivity (Wildman–Crippen MR) is 119 cm³/mol. The number of carbonyl (C=O) groups excluding carboxylic acids is 1. The van der Waals surface area contributed by atoms with E-state index in [9.17, 15) is 13.2 Å². The Bertz CT molecular complexity index is 989. The summed E-state index contributed by atoms with van der Waals surface area (Å²) in [4.78, 5) is 17.0. The van der Waals surface area contributed by atoms with Gasteiger partial charge in [-0.2, -0.15) is 4.31 Å². The summed E-state index contributed by atoms with van der Waals surface area (Å²) < 4.78 is 26.7. The summed E-state index contributed by atoms with van der Waals surface area (Å²) in [5.41, 5.74) is 1.43. The standard InChI is InChI=1S/C18H22Cl2N4O3S2/c1-22-7-9-24(10-8-22)15-4-3-13(19)11-14(15)21-17(25)12-23(2)29(26,27)18-6-5-16(20)28-18/h3-6,11H,7-10,12H2,1-2H3,(H,21,25). The molecule has 0 spiro atoms. The van der Waals surface area contributed by atoms with Crippen LogP contribution in [0.2, 0.25) is 9.36 Å². The largest absolute Gasteiger partial charge is 0.367 e. The van der Waals surface area contributed by atoms with Gasteiger partial charge < -0.3 is 15.1 Å². The average Bonchev–Trinajstić information content (AvgIpc) is 3.10. The quantitative estimate of drug-likeness (QED) is 0.693. The van der Waals surface area contributed by atoms with Crippen molar-refractivity contribution in [3.05, 3.63) is 39.7 Å². The summed E-state index contributed by atoms with van der Waals surface area (Å²) in [5.74, 6) is -0.448. The molecule has 11 heteroatoms. The Hall–Kier alpha value is -1.36. The van der Waals surface area contributed by atoms with Crippen LogP contribution in [0.5, 0.6) is 0 Å². The van der Waals surface area contributed by atoms with E-state index in [2.05, 4.69) is 22.2 Å². The van der Waals surface area contributed by atoms with Crippen molar-refractivity contribution in [2.24, 2.45) is 0 Å². The second-order valence-corrected chi connectivity index (χ2v) is 11.2. The van der Waals surface area contributed by atoms with Crippen molar-refractivity contribution in [2.75, 3.05) is 57.0 Å². The van der Waals surface area contributed by atoms with E-state index in [1.807, 2.05) is 6.07 Å². The van der Waals surface area contributed by atoms with Gasteiger partial charge in [0.2, 0.25) is 5.91 Å². The Balaban J connectivity index is 1.72. The van der Waals surface area contributed by atoms with Crippen molar-refractivity contribution in [1.29, 1.82) is 0 Å². The summed E-state index contributed by atoms with van der Waals surface area (Å²) in [7, 11) is -0.354. The first-order valence-corrected chi connectivity index (χ1v) is 11.9. The molecule has 1 aliphatic heterocycles. The van der Waals surface area contributed by atoms with Crippen LogP contribution in [0.3, 0.4) is 0 Å². The zero-order valence-electron chi connectivity index (χ0n) is 16.1. The number of amides is 1. The molecule has 2 heterocycles. The maximum absolute atomic E-state index is 12.6. The maximum atomic E-state index is 12.6. The molecular formula is C18H22Cl2N4O3S2. The molecular weight excluding hydrogens is 455 g/mol. The van der Waals surface area contributed by atoms with Crippen LogP contribution in [-0.2, 0) is 14.8 Å². The highest BCUT2D eigenvalue weighted by molar-refractivity contribution is 7.91.